The molecule has 23 heavy (non-hydrogen) atoms. The summed E-state index contributed by atoms with van der Waals surface area (Å²) in [5.41, 5.74) is 8.90. The number of ether oxygens (including phenoxy) is 1. The Labute approximate surface area is 137 Å². The fourth-order valence-corrected chi connectivity index (χ4v) is 2.49. The second kappa shape index (κ2) is 7.13. The van der Waals surface area contributed by atoms with Crippen LogP contribution in [0.15, 0.2) is 46.8 Å². The minimum atomic E-state index is 0.134. The molecule has 0 aromatic heterocycles. The van der Waals surface area contributed by atoms with E-state index in [0.29, 0.717) is 23.2 Å². The Balaban J connectivity index is 2.28. The number of hydrogen-bond donors (Lipinski definition) is 2. The number of allylic oxidation sites excluding steroid dienone is 2. The topological polar surface area (TPSA) is 74.7 Å². The standard InChI is InChI=1S/C18H23N4O/c1-5-22(12(2)3)14-8-6-13(7-9-14)21-17-11-18(23-4)16(20)10-15(17)19/h6-9,11-12,20H,5,19H2,1-4H3. The molecule has 0 unspecified atom stereocenters. The summed E-state index contributed by atoms with van der Waals surface area (Å²) in [6, 6.07) is 8.47. The average Bonchev–Trinajstić information content (AvgIpc) is 2.52. The lowest BCUT2D eigenvalue weighted by atomic mass is 10.1. The number of nitrogens with zero attached hydrogens (tertiary/aromatic N) is 2. The maximum absolute atomic E-state index is 7.72. The van der Waals surface area contributed by atoms with Gasteiger partial charge in [0.1, 0.15) is 11.5 Å². The normalized spacial score (nSPS) is 16.4. The van der Waals surface area contributed by atoms with Gasteiger partial charge in [0, 0.05) is 30.4 Å². The SMILES string of the molecule is CCN(c1ccc(N=C2C=C(OC)C(=N)[C]=C2N)cc1)C(C)C. The van der Waals surface area contributed by atoms with Crippen LogP contribution in [0.4, 0.5) is 11.4 Å². The summed E-state index contributed by atoms with van der Waals surface area (Å²) >= 11 is 0. The van der Waals surface area contributed by atoms with Crippen molar-refractivity contribution in [2.75, 3.05) is 18.6 Å². The molecular formula is C18H23N4O. The van der Waals surface area contributed by atoms with Crippen molar-refractivity contribution in [3.63, 3.8) is 0 Å². The monoisotopic (exact) mass is 311 g/mol. The number of hydrogen-bond acceptors (Lipinski definition) is 5. The van der Waals surface area contributed by atoms with Gasteiger partial charge < -0.3 is 15.4 Å². The van der Waals surface area contributed by atoms with Crippen molar-refractivity contribution in [1.29, 1.82) is 5.41 Å². The minimum absolute atomic E-state index is 0.134. The summed E-state index contributed by atoms with van der Waals surface area (Å²) in [6.45, 7) is 7.45. The molecule has 0 fully saturated rings. The van der Waals surface area contributed by atoms with Gasteiger partial charge in [0.05, 0.1) is 24.2 Å². The Bertz CT molecular complexity index is 669. The number of anilines is 1. The summed E-state index contributed by atoms with van der Waals surface area (Å²) in [5.74, 6) is 0.409. The largest absolute Gasteiger partial charge is 0.494 e. The van der Waals surface area contributed by atoms with Gasteiger partial charge in [-0.1, -0.05) is 0 Å². The molecule has 1 aliphatic rings. The van der Waals surface area contributed by atoms with E-state index in [1.54, 1.807) is 6.08 Å². The first-order chi connectivity index (χ1) is 11.0. The molecule has 3 N–H and O–H groups in total. The fourth-order valence-electron chi connectivity index (χ4n) is 2.49. The van der Waals surface area contributed by atoms with Crippen molar-refractivity contribution >= 4 is 22.8 Å². The Morgan fingerprint density at radius 2 is 1.96 bits per heavy atom. The van der Waals surface area contributed by atoms with Gasteiger partial charge in [0.25, 0.3) is 0 Å². The first-order valence-corrected chi connectivity index (χ1v) is 7.66. The molecule has 121 valence electrons. The van der Waals surface area contributed by atoms with Crippen molar-refractivity contribution in [2.45, 2.75) is 26.8 Å². The Morgan fingerprint density at radius 3 is 2.48 bits per heavy atom. The van der Waals surface area contributed by atoms with Crippen molar-refractivity contribution in [2.24, 2.45) is 10.7 Å². The molecule has 0 amide bonds. The molecule has 0 spiro atoms. The lowest BCUT2D eigenvalue weighted by molar-refractivity contribution is 0.315. The second-order valence-corrected chi connectivity index (χ2v) is 5.52. The van der Waals surface area contributed by atoms with Gasteiger partial charge in [0.15, 0.2) is 0 Å². The molecule has 0 aliphatic heterocycles. The Hall–Kier alpha value is -2.56. The third kappa shape index (κ3) is 3.80. The number of nitrogens with two attached hydrogens (primary N) is 1. The summed E-state index contributed by atoms with van der Waals surface area (Å²) < 4.78 is 5.13. The van der Waals surface area contributed by atoms with Gasteiger partial charge in [0.2, 0.25) is 0 Å². The van der Waals surface area contributed by atoms with E-state index in [1.165, 1.54) is 12.8 Å². The average molecular weight is 311 g/mol. The summed E-state index contributed by atoms with van der Waals surface area (Å²) in [5, 5.41) is 7.72. The highest BCUT2D eigenvalue weighted by Crippen LogP contribution is 2.23. The zero-order valence-electron chi connectivity index (χ0n) is 14.1. The lowest BCUT2D eigenvalue weighted by Gasteiger charge is -2.27. The van der Waals surface area contributed by atoms with Crippen LogP contribution in [0.1, 0.15) is 20.8 Å². The summed E-state index contributed by atoms with van der Waals surface area (Å²) in [4.78, 5) is 6.83. The van der Waals surface area contributed by atoms with E-state index in [-0.39, 0.29) is 5.71 Å². The van der Waals surface area contributed by atoms with Gasteiger partial charge in [-0.15, -0.1) is 0 Å². The van der Waals surface area contributed by atoms with E-state index in [0.717, 1.165) is 12.2 Å². The molecule has 1 aromatic rings. The number of nitrogens with one attached hydrogen (secondary N) is 1. The zero-order chi connectivity index (χ0) is 17.0. The van der Waals surface area contributed by atoms with Crippen LogP contribution in [0.5, 0.6) is 0 Å². The van der Waals surface area contributed by atoms with Gasteiger partial charge in [-0.2, -0.15) is 0 Å². The van der Waals surface area contributed by atoms with Crippen LogP contribution in [0.3, 0.4) is 0 Å². The smallest absolute Gasteiger partial charge is 0.146 e. The molecule has 1 aliphatic carbocycles. The van der Waals surface area contributed by atoms with E-state index in [4.69, 9.17) is 15.9 Å². The predicted molar refractivity (Wildman–Crippen MR) is 95.5 cm³/mol. The van der Waals surface area contributed by atoms with Crippen molar-refractivity contribution < 1.29 is 4.74 Å². The van der Waals surface area contributed by atoms with Gasteiger partial charge in [-0.25, -0.2) is 4.99 Å². The molecule has 5 heteroatoms. The van der Waals surface area contributed by atoms with Crippen LogP contribution in [-0.4, -0.2) is 31.1 Å². The number of rotatable bonds is 5. The number of methoxy groups -OCH3 is 1. The Kier molecular flexibility index (Phi) is 5.21. The van der Waals surface area contributed by atoms with Gasteiger partial charge >= 0.3 is 0 Å². The molecule has 0 heterocycles. The molecule has 2 rings (SSSR count). The lowest BCUT2D eigenvalue weighted by Crippen LogP contribution is -2.30. The fraction of sp³-hybridized carbons (Fsp3) is 0.333. The van der Waals surface area contributed by atoms with Crippen LogP contribution < -0.4 is 10.6 Å². The highest BCUT2D eigenvalue weighted by Gasteiger charge is 2.15. The van der Waals surface area contributed by atoms with Crippen LogP contribution >= 0.6 is 0 Å². The molecule has 1 aromatic carbocycles. The maximum atomic E-state index is 7.72. The summed E-state index contributed by atoms with van der Waals surface area (Å²) in [7, 11) is 1.52. The van der Waals surface area contributed by atoms with E-state index in [1.807, 2.05) is 12.1 Å². The van der Waals surface area contributed by atoms with Crippen molar-refractivity contribution in [1.82, 2.24) is 0 Å². The molecule has 1 radical (unpaired) electrons. The highest BCUT2D eigenvalue weighted by molar-refractivity contribution is 6.20. The van der Waals surface area contributed by atoms with Crippen LogP contribution in [0, 0.1) is 11.5 Å². The van der Waals surface area contributed by atoms with E-state index >= 15 is 0 Å². The van der Waals surface area contributed by atoms with E-state index in [2.05, 4.69) is 48.9 Å². The molecule has 0 saturated heterocycles. The highest BCUT2D eigenvalue weighted by atomic mass is 16.5. The van der Waals surface area contributed by atoms with Crippen molar-refractivity contribution in [3.05, 3.63) is 47.9 Å². The van der Waals surface area contributed by atoms with Crippen molar-refractivity contribution in [3.8, 4) is 0 Å². The zero-order valence-corrected chi connectivity index (χ0v) is 14.1. The van der Waals surface area contributed by atoms with E-state index < -0.39 is 0 Å². The summed E-state index contributed by atoms with van der Waals surface area (Å²) in [6.07, 6.45) is 4.41. The number of benzene rings is 1. The molecule has 0 atom stereocenters. The second-order valence-electron chi connectivity index (χ2n) is 5.52. The van der Waals surface area contributed by atoms with Crippen LogP contribution in [-0.2, 0) is 4.74 Å². The molecular weight excluding hydrogens is 288 g/mol. The van der Waals surface area contributed by atoms with Crippen LogP contribution in [0.2, 0.25) is 0 Å². The third-order valence-electron chi connectivity index (χ3n) is 3.66. The first-order valence-electron chi connectivity index (χ1n) is 7.66. The van der Waals surface area contributed by atoms with Gasteiger partial charge in [-0.3, -0.25) is 5.41 Å². The Morgan fingerprint density at radius 1 is 1.30 bits per heavy atom. The van der Waals surface area contributed by atoms with Crippen LogP contribution in [0.25, 0.3) is 0 Å². The van der Waals surface area contributed by atoms with Gasteiger partial charge in [-0.05, 0) is 45.0 Å². The minimum Gasteiger partial charge on any atom is -0.494 e. The first kappa shape index (κ1) is 16.8. The quantitative estimate of drug-likeness (QED) is 0.820. The maximum Gasteiger partial charge on any atom is 0.146 e. The molecule has 0 bridgehead atoms. The van der Waals surface area contributed by atoms with E-state index in [9.17, 15) is 0 Å². The number of aliphatic imine (C=N–C) groups is 1. The molecule has 5 nitrogen and oxygen atoms in total. The molecule has 0 saturated carbocycles. The predicted octanol–water partition coefficient (Wildman–Crippen LogP) is 3.20. The third-order valence-corrected chi connectivity index (χ3v) is 3.66.